The van der Waals surface area contributed by atoms with E-state index in [-0.39, 0.29) is 10.8 Å². The number of anilines is 1. The van der Waals surface area contributed by atoms with Crippen molar-refractivity contribution in [2.75, 3.05) is 11.8 Å². The average molecular weight is 369 g/mol. The van der Waals surface area contributed by atoms with Crippen LogP contribution in [-0.4, -0.2) is 30.3 Å². The van der Waals surface area contributed by atoms with Crippen LogP contribution in [0.3, 0.4) is 0 Å². The highest BCUT2D eigenvalue weighted by atomic mass is 32.2. The maximum absolute atomic E-state index is 12.6. The first-order valence-corrected chi connectivity index (χ1v) is 9.01. The molecular weight excluding hydrogens is 354 g/mol. The molecule has 0 amide bonds. The van der Waals surface area contributed by atoms with Gasteiger partial charge < -0.3 is 4.74 Å². The molecular formula is C17H15N5O3S. The van der Waals surface area contributed by atoms with Gasteiger partial charge in [-0.1, -0.05) is 0 Å². The smallest absolute Gasteiger partial charge is 0.264 e. The van der Waals surface area contributed by atoms with Crippen LogP contribution < -0.4 is 9.46 Å². The Kier molecular flexibility index (Phi) is 4.60. The summed E-state index contributed by atoms with van der Waals surface area (Å²) in [6.45, 7) is 1.68. The number of benzene rings is 2. The summed E-state index contributed by atoms with van der Waals surface area (Å²) in [5.41, 5.74) is 1.72. The van der Waals surface area contributed by atoms with Crippen molar-refractivity contribution < 1.29 is 13.2 Å². The molecule has 1 N–H and O–H groups in total. The maximum Gasteiger partial charge on any atom is 0.264 e. The quantitative estimate of drug-likeness (QED) is 0.739. The fourth-order valence-corrected chi connectivity index (χ4v) is 3.52. The molecule has 0 saturated carbocycles. The lowest BCUT2D eigenvalue weighted by molar-refractivity contribution is 0.414. The number of hydrogen-bond donors (Lipinski definition) is 1. The normalized spacial score (nSPS) is 11.0. The molecule has 26 heavy (non-hydrogen) atoms. The molecule has 0 aliphatic heterocycles. The van der Waals surface area contributed by atoms with Gasteiger partial charge >= 0.3 is 0 Å². The van der Waals surface area contributed by atoms with Crippen molar-refractivity contribution in [1.29, 1.82) is 5.26 Å². The van der Waals surface area contributed by atoms with Crippen LogP contribution in [0.2, 0.25) is 0 Å². The van der Waals surface area contributed by atoms with E-state index in [9.17, 15) is 8.42 Å². The SMILES string of the molecule is COc1ccc(S(=O)(=O)Nc2ncn(-c3ccc(C#N)cc3)n2)c(C)c1. The third kappa shape index (κ3) is 3.50. The molecule has 0 aliphatic rings. The van der Waals surface area contributed by atoms with E-state index in [0.29, 0.717) is 22.6 Å². The molecule has 0 saturated heterocycles. The Balaban J connectivity index is 1.85. The highest BCUT2D eigenvalue weighted by molar-refractivity contribution is 7.92. The number of hydrogen-bond acceptors (Lipinski definition) is 6. The molecule has 0 bridgehead atoms. The van der Waals surface area contributed by atoms with Gasteiger partial charge in [0.2, 0.25) is 0 Å². The van der Waals surface area contributed by atoms with E-state index in [1.165, 1.54) is 24.2 Å². The topological polar surface area (TPSA) is 110 Å². The van der Waals surface area contributed by atoms with E-state index in [1.54, 1.807) is 43.3 Å². The molecule has 0 fully saturated rings. The summed E-state index contributed by atoms with van der Waals surface area (Å²) in [4.78, 5) is 4.10. The first-order valence-electron chi connectivity index (χ1n) is 7.52. The van der Waals surface area contributed by atoms with E-state index >= 15 is 0 Å². The van der Waals surface area contributed by atoms with Crippen LogP contribution >= 0.6 is 0 Å². The summed E-state index contributed by atoms with van der Waals surface area (Å²) >= 11 is 0. The summed E-state index contributed by atoms with van der Waals surface area (Å²) < 4.78 is 34.0. The van der Waals surface area contributed by atoms with Gasteiger partial charge in [-0.3, -0.25) is 0 Å². The van der Waals surface area contributed by atoms with Gasteiger partial charge in [-0.25, -0.2) is 17.8 Å². The van der Waals surface area contributed by atoms with Crippen LogP contribution in [0.1, 0.15) is 11.1 Å². The minimum Gasteiger partial charge on any atom is -0.497 e. The van der Waals surface area contributed by atoms with Gasteiger partial charge in [0.15, 0.2) is 0 Å². The molecule has 8 nitrogen and oxygen atoms in total. The molecule has 0 radical (unpaired) electrons. The number of aromatic nitrogens is 3. The second-order valence-electron chi connectivity index (χ2n) is 5.41. The lowest BCUT2D eigenvalue weighted by Crippen LogP contribution is -2.15. The zero-order chi connectivity index (χ0) is 18.7. The van der Waals surface area contributed by atoms with Gasteiger partial charge in [0, 0.05) is 0 Å². The summed E-state index contributed by atoms with van der Waals surface area (Å²) in [5, 5.41) is 12.9. The van der Waals surface area contributed by atoms with Crippen molar-refractivity contribution in [2.24, 2.45) is 0 Å². The van der Waals surface area contributed by atoms with E-state index in [0.717, 1.165) is 0 Å². The van der Waals surface area contributed by atoms with Crippen LogP contribution in [0, 0.1) is 18.3 Å². The maximum atomic E-state index is 12.6. The number of aryl methyl sites for hydroxylation is 1. The van der Waals surface area contributed by atoms with Crippen molar-refractivity contribution in [3.8, 4) is 17.5 Å². The standard InChI is InChI=1S/C17H15N5O3S/c1-12-9-15(25-2)7-8-16(12)26(23,24)21-17-19-11-22(20-17)14-5-3-13(10-18)4-6-14/h3-9,11H,1-2H3,(H,20,21). The van der Waals surface area contributed by atoms with Crippen LogP contribution in [0.4, 0.5) is 5.95 Å². The Labute approximate surface area is 150 Å². The monoisotopic (exact) mass is 369 g/mol. The summed E-state index contributed by atoms with van der Waals surface area (Å²) in [7, 11) is -2.32. The van der Waals surface area contributed by atoms with Gasteiger partial charge in [0.1, 0.15) is 12.1 Å². The zero-order valence-electron chi connectivity index (χ0n) is 14.0. The third-order valence-corrected chi connectivity index (χ3v) is 5.14. The fourth-order valence-electron chi connectivity index (χ4n) is 2.35. The Bertz CT molecular complexity index is 1080. The number of rotatable bonds is 5. The average Bonchev–Trinajstić information content (AvgIpc) is 3.09. The summed E-state index contributed by atoms with van der Waals surface area (Å²) in [6, 6.07) is 13.4. The van der Waals surface area contributed by atoms with Crippen molar-refractivity contribution in [3.05, 3.63) is 59.9 Å². The summed E-state index contributed by atoms with van der Waals surface area (Å²) in [5.74, 6) is 0.522. The molecule has 0 unspecified atom stereocenters. The molecule has 0 spiro atoms. The number of nitrogens with zero attached hydrogens (tertiary/aromatic N) is 4. The Morgan fingerprint density at radius 2 is 1.92 bits per heavy atom. The van der Waals surface area contributed by atoms with Gasteiger partial charge in [-0.2, -0.15) is 10.2 Å². The molecule has 3 aromatic rings. The molecule has 0 aliphatic carbocycles. The van der Waals surface area contributed by atoms with Gasteiger partial charge in [0.25, 0.3) is 16.0 Å². The van der Waals surface area contributed by atoms with E-state index in [2.05, 4.69) is 14.8 Å². The molecule has 1 heterocycles. The minimum atomic E-state index is -3.84. The van der Waals surface area contributed by atoms with Gasteiger partial charge in [-0.05, 0) is 55.0 Å². The van der Waals surface area contributed by atoms with Crippen LogP contribution in [0.25, 0.3) is 5.69 Å². The predicted molar refractivity (Wildman–Crippen MR) is 94.6 cm³/mol. The third-order valence-electron chi connectivity index (χ3n) is 3.65. The van der Waals surface area contributed by atoms with Crippen LogP contribution in [0.15, 0.2) is 53.7 Å². The highest BCUT2D eigenvalue weighted by Gasteiger charge is 2.19. The number of nitriles is 1. The Morgan fingerprint density at radius 1 is 1.19 bits per heavy atom. The summed E-state index contributed by atoms with van der Waals surface area (Å²) in [6.07, 6.45) is 1.39. The predicted octanol–water partition coefficient (Wildman–Crippen LogP) is 2.26. The Morgan fingerprint density at radius 3 is 2.54 bits per heavy atom. The van der Waals surface area contributed by atoms with E-state index in [1.807, 2.05) is 6.07 Å². The molecule has 2 aromatic carbocycles. The van der Waals surface area contributed by atoms with Crippen molar-refractivity contribution in [2.45, 2.75) is 11.8 Å². The first-order chi connectivity index (χ1) is 12.4. The second kappa shape index (κ2) is 6.85. The van der Waals surface area contributed by atoms with Crippen molar-refractivity contribution in [1.82, 2.24) is 14.8 Å². The lowest BCUT2D eigenvalue weighted by Gasteiger charge is -2.09. The van der Waals surface area contributed by atoms with Crippen LogP contribution in [-0.2, 0) is 10.0 Å². The molecule has 1 aromatic heterocycles. The Hall–Kier alpha value is -3.38. The minimum absolute atomic E-state index is 0.0513. The highest BCUT2D eigenvalue weighted by Crippen LogP contribution is 2.22. The first kappa shape index (κ1) is 17.4. The number of methoxy groups -OCH3 is 1. The fraction of sp³-hybridized carbons (Fsp3) is 0.118. The number of nitrogens with one attached hydrogen (secondary N) is 1. The van der Waals surface area contributed by atoms with Crippen molar-refractivity contribution >= 4 is 16.0 Å². The van der Waals surface area contributed by atoms with Crippen molar-refractivity contribution in [3.63, 3.8) is 0 Å². The number of ether oxygens (including phenoxy) is 1. The van der Waals surface area contributed by atoms with Gasteiger partial charge in [-0.15, -0.1) is 5.10 Å². The zero-order valence-corrected chi connectivity index (χ0v) is 14.9. The molecule has 0 atom stereocenters. The van der Waals surface area contributed by atoms with Crippen LogP contribution in [0.5, 0.6) is 5.75 Å². The second-order valence-corrected chi connectivity index (χ2v) is 7.06. The lowest BCUT2D eigenvalue weighted by atomic mass is 10.2. The van der Waals surface area contributed by atoms with E-state index in [4.69, 9.17) is 10.00 Å². The van der Waals surface area contributed by atoms with E-state index < -0.39 is 10.0 Å². The largest absolute Gasteiger partial charge is 0.497 e. The molecule has 3 rings (SSSR count). The van der Waals surface area contributed by atoms with Gasteiger partial charge in [0.05, 0.1) is 29.3 Å². The molecule has 132 valence electrons. The number of sulfonamides is 1. The molecule has 9 heteroatoms.